The monoisotopic (exact) mass is 855 g/mol. The number of rotatable bonds is 3. The van der Waals surface area contributed by atoms with E-state index in [-0.39, 0.29) is 39.3 Å². The zero-order valence-electron chi connectivity index (χ0n) is 41.5. The zero-order chi connectivity index (χ0) is 46.4. The number of fused-ring (bicyclic) bond motifs is 7. The SMILES string of the molecule is CC(C)(C)c1ccc(N2c3cc(N4c5ccc(C#N)cc5C5(C)CCCC45C)ccc3B3c4ccc(C(C)(C)C)cc4N(c4cccc(C(C)(C)C)c4)c4cc(C(C)(C)C)cc2c43)cc1. The Morgan fingerprint density at radius 1 is 0.492 bits per heavy atom. The molecule has 0 aromatic heterocycles. The van der Waals surface area contributed by atoms with Crippen LogP contribution in [-0.4, -0.2) is 12.3 Å². The van der Waals surface area contributed by atoms with E-state index < -0.39 is 0 Å². The molecule has 2 atom stereocenters. The predicted molar refractivity (Wildman–Crippen MR) is 278 cm³/mol. The Hall–Kier alpha value is -5.73. The van der Waals surface area contributed by atoms with E-state index in [1.807, 2.05) is 6.07 Å². The van der Waals surface area contributed by atoms with Crippen LogP contribution in [0.25, 0.3) is 0 Å². The Bertz CT molecular complexity index is 2960. The van der Waals surface area contributed by atoms with Crippen molar-refractivity contribution in [1.29, 1.82) is 5.26 Å². The smallest absolute Gasteiger partial charge is 0.252 e. The first-order valence-electron chi connectivity index (χ1n) is 24.1. The van der Waals surface area contributed by atoms with Crippen LogP contribution in [0.4, 0.5) is 45.5 Å². The van der Waals surface area contributed by atoms with E-state index in [0.29, 0.717) is 0 Å². The van der Waals surface area contributed by atoms with Gasteiger partial charge < -0.3 is 14.7 Å². The average Bonchev–Trinajstić information content (AvgIpc) is 3.65. The quantitative estimate of drug-likeness (QED) is 0.166. The molecular formula is C60H67BN4. The molecule has 1 fully saturated rings. The minimum absolute atomic E-state index is 0.00520. The molecule has 2 unspecified atom stereocenters. The molecule has 65 heavy (non-hydrogen) atoms. The Morgan fingerprint density at radius 2 is 1.03 bits per heavy atom. The van der Waals surface area contributed by atoms with E-state index in [4.69, 9.17) is 0 Å². The van der Waals surface area contributed by atoms with Crippen molar-refractivity contribution in [2.24, 2.45) is 0 Å². The molecule has 5 heteroatoms. The van der Waals surface area contributed by atoms with Gasteiger partial charge in [0.05, 0.1) is 17.2 Å². The van der Waals surface area contributed by atoms with E-state index in [0.717, 1.165) is 30.5 Å². The Balaban J connectivity index is 1.30. The van der Waals surface area contributed by atoms with Gasteiger partial charge in [-0.3, -0.25) is 0 Å². The molecule has 4 nitrogen and oxygen atoms in total. The highest BCUT2D eigenvalue weighted by Gasteiger charge is 2.59. The molecule has 6 aromatic carbocycles. The Labute approximate surface area is 390 Å². The van der Waals surface area contributed by atoms with Crippen LogP contribution in [0.3, 0.4) is 0 Å². The van der Waals surface area contributed by atoms with Crippen molar-refractivity contribution < 1.29 is 0 Å². The first-order valence-corrected chi connectivity index (χ1v) is 24.1. The molecule has 4 aliphatic rings. The minimum Gasteiger partial charge on any atom is -0.334 e. The van der Waals surface area contributed by atoms with Gasteiger partial charge in [-0.05, 0) is 158 Å². The van der Waals surface area contributed by atoms with E-state index >= 15 is 0 Å². The lowest BCUT2D eigenvalue weighted by atomic mass is 9.33. The van der Waals surface area contributed by atoms with Crippen LogP contribution in [0.15, 0.2) is 115 Å². The third-order valence-corrected chi connectivity index (χ3v) is 16.0. The summed E-state index contributed by atoms with van der Waals surface area (Å²) < 4.78 is 0. The van der Waals surface area contributed by atoms with Crippen LogP contribution in [0.5, 0.6) is 0 Å². The Morgan fingerprint density at radius 3 is 1.65 bits per heavy atom. The summed E-state index contributed by atoms with van der Waals surface area (Å²) in [5, 5.41) is 10.1. The summed E-state index contributed by atoms with van der Waals surface area (Å²) in [6.45, 7) is 32.8. The molecule has 6 aromatic rings. The molecule has 3 heterocycles. The van der Waals surface area contributed by atoms with Gasteiger partial charge in [-0.1, -0.05) is 139 Å². The highest BCUT2D eigenvalue weighted by Crippen LogP contribution is 2.63. The van der Waals surface area contributed by atoms with Crippen molar-refractivity contribution in [3.8, 4) is 6.07 Å². The molecular weight excluding hydrogens is 787 g/mol. The lowest BCUT2D eigenvalue weighted by Gasteiger charge is -2.46. The van der Waals surface area contributed by atoms with Crippen molar-refractivity contribution in [1.82, 2.24) is 0 Å². The topological polar surface area (TPSA) is 33.5 Å². The summed E-state index contributed by atoms with van der Waals surface area (Å²) in [5.74, 6) is 0. The Kier molecular flexibility index (Phi) is 9.39. The molecule has 10 rings (SSSR count). The first-order chi connectivity index (χ1) is 30.4. The normalized spacial score (nSPS) is 20.0. The fraction of sp³-hybridized carbons (Fsp3) is 0.383. The summed E-state index contributed by atoms with van der Waals surface area (Å²) in [4.78, 5) is 7.85. The summed E-state index contributed by atoms with van der Waals surface area (Å²) in [7, 11) is 0. The number of anilines is 8. The number of hydrogen-bond donors (Lipinski definition) is 0. The molecule has 1 aliphatic carbocycles. The number of hydrogen-bond acceptors (Lipinski definition) is 4. The van der Waals surface area contributed by atoms with Gasteiger partial charge in [0.1, 0.15) is 0 Å². The predicted octanol–water partition coefficient (Wildman–Crippen LogP) is 14.2. The van der Waals surface area contributed by atoms with Crippen LogP contribution in [0.2, 0.25) is 0 Å². The van der Waals surface area contributed by atoms with Crippen LogP contribution in [-0.2, 0) is 27.1 Å². The van der Waals surface area contributed by atoms with E-state index in [1.54, 1.807) is 0 Å². The van der Waals surface area contributed by atoms with Gasteiger partial charge in [0.25, 0.3) is 6.71 Å². The van der Waals surface area contributed by atoms with Gasteiger partial charge in [-0.15, -0.1) is 0 Å². The zero-order valence-corrected chi connectivity index (χ0v) is 41.5. The van der Waals surface area contributed by atoms with Gasteiger partial charge in [0.2, 0.25) is 0 Å². The fourth-order valence-corrected chi connectivity index (χ4v) is 11.8. The van der Waals surface area contributed by atoms with Gasteiger partial charge in [-0.2, -0.15) is 5.26 Å². The van der Waals surface area contributed by atoms with Gasteiger partial charge in [-0.25, -0.2) is 0 Å². The molecule has 0 bridgehead atoms. The molecule has 0 spiro atoms. The van der Waals surface area contributed by atoms with E-state index in [2.05, 4.69) is 227 Å². The number of nitrogens with zero attached hydrogens (tertiary/aromatic N) is 4. The molecule has 0 saturated heterocycles. The second-order valence-corrected chi connectivity index (χ2v) is 24.3. The lowest BCUT2D eigenvalue weighted by molar-refractivity contribution is 0.330. The summed E-state index contributed by atoms with van der Waals surface area (Å²) in [6, 6.07) is 47.3. The molecule has 330 valence electrons. The third-order valence-electron chi connectivity index (χ3n) is 16.0. The van der Waals surface area contributed by atoms with Crippen LogP contribution < -0.4 is 31.1 Å². The maximum Gasteiger partial charge on any atom is 0.252 e. The summed E-state index contributed by atoms with van der Waals surface area (Å²) >= 11 is 0. The van der Waals surface area contributed by atoms with Crippen molar-refractivity contribution in [2.45, 2.75) is 149 Å². The van der Waals surface area contributed by atoms with Crippen molar-refractivity contribution in [2.75, 3.05) is 14.7 Å². The first kappa shape index (κ1) is 43.2. The van der Waals surface area contributed by atoms with Crippen molar-refractivity contribution in [3.63, 3.8) is 0 Å². The molecule has 3 aliphatic heterocycles. The van der Waals surface area contributed by atoms with E-state index in [9.17, 15) is 5.26 Å². The molecule has 1 saturated carbocycles. The lowest BCUT2D eigenvalue weighted by Crippen LogP contribution is -2.61. The highest BCUT2D eigenvalue weighted by atomic mass is 15.3. The maximum absolute atomic E-state index is 10.1. The van der Waals surface area contributed by atoms with Crippen LogP contribution >= 0.6 is 0 Å². The number of nitriles is 1. The summed E-state index contributed by atoms with van der Waals surface area (Å²) in [6.07, 6.45) is 3.36. The van der Waals surface area contributed by atoms with Crippen LogP contribution in [0.1, 0.15) is 150 Å². The third kappa shape index (κ3) is 6.52. The van der Waals surface area contributed by atoms with E-state index in [1.165, 1.54) is 84.0 Å². The van der Waals surface area contributed by atoms with Crippen molar-refractivity contribution >= 4 is 68.6 Å². The molecule has 0 radical (unpaired) electrons. The average molecular weight is 855 g/mol. The second kappa shape index (κ2) is 14.1. The van der Waals surface area contributed by atoms with Gasteiger partial charge >= 0.3 is 0 Å². The fourth-order valence-electron chi connectivity index (χ4n) is 11.8. The minimum atomic E-state index is -0.140. The van der Waals surface area contributed by atoms with Gasteiger partial charge in [0, 0.05) is 50.9 Å². The highest BCUT2D eigenvalue weighted by molar-refractivity contribution is 7.00. The molecule has 0 amide bonds. The van der Waals surface area contributed by atoms with Crippen molar-refractivity contribution in [3.05, 3.63) is 149 Å². The van der Waals surface area contributed by atoms with Gasteiger partial charge in [0.15, 0.2) is 0 Å². The maximum atomic E-state index is 10.1. The number of benzene rings is 6. The molecule has 0 N–H and O–H groups in total. The van der Waals surface area contributed by atoms with Crippen LogP contribution in [0, 0.1) is 11.3 Å². The standard InChI is InChI=1S/C60H67BN4/c1-55(2,3)39-20-23-43(24-21-39)63-51-36-45(65-49-28-19-38(37-62)31-46(49)59(13)29-16-30-60(59,65)14)25-27-48(51)61-47-26-22-41(57(7,8)9)33-50(47)64(44-18-15-17-40(32-44)56(4,5)6)53-35-42(58(10,11)12)34-52(63)54(53)61/h15,17-28,31-36H,16,29-30H2,1-14H3. The summed E-state index contributed by atoms with van der Waals surface area (Å²) in [5.41, 5.74) is 20.7. The second-order valence-electron chi connectivity index (χ2n) is 24.3. The largest absolute Gasteiger partial charge is 0.334 e.